The van der Waals surface area contributed by atoms with Crippen molar-refractivity contribution in [1.82, 2.24) is 19.9 Å². The average Bonchev–Trinajstić information content (AvgIpc) is 3.32. The molecule has 0 fully saturated rings. The van der Waals surface area contributed by atoms with Crippen molar-refractivity contribution in [3.05, 3.63) is 69.7 Å². The third kappa shape index (κ3) is 4.40. The molecule has 164 valence electrons. The van der Waals surface area contributed by atoms with Crippen LogP contribution in [0.2, 0.25) is 0 Å². The minimum atomic E-state index is -0.668. The molecule has 0 bridgehead atoms. The van der Waals surface area contributed by atoms with Crippen molar-refractivity contribution >= 4 is 33.8 Å². The predicted octanol–water partition coefficient (Wildman–Crippen LogP) is 3.99. The molecule has 4 rings (SSSR count). The van der Waals surface area contributed by atoms with Gasteiger partial charge in [0.15, 0.2) is 5.82 Å². The zero-order valence-electron chi connectivity index (χ0n) is 18.5. The quantitative estimate of drug-likeness (QED) is 0.453. The van der Waals surface area contributed by atoms with Crippen LogP contribution < -0.4 is 10.6 Å². The van der Waals surface area contributed by atoms with Gasteiger partial charge in [-0.3, -0.25) is 9.59 Å². The van der Waals surface area contributed by atoms with Crippen molar-refractivity contribution in [3.63, 3.8) is 0 Å². The van der Waals surface area contributed by atoms with Gasteiger partial charge in [-0.2, -0.15) is 4.98 Å². The number of fused-ring (bicyclic) bond motifs is 1. The zero-order valence-corrected chi connectivity index (χ0v) is 19.3. The maximum atomic E-state index is 12.4. The second-order valence-electron chi connectivity index (χ2n) is 7.91. The molecule has 0 saturated heterocycles. The Hall–Kier alpha value is -3.52. The average molecular weight is 448 g/mol. The van der Waals surface area contributed by atoms with Gasteiger partial charge in [0, 0.05) is 29.6 Å². The Labute approximate surface area is 190 Å². The summed E-state index contributed by atoms with van der Waals surface area (Å²) in [4.78, 5) is 30.1. The number of nitrogens with zero attached hydrogens (tertiary/aromatic N) is 3. The predicted molar refractivity (Wildman–Crippen MR) is 127 cm³/mol. The second-order valence-corrected chi connectivity index (χ2v) is 8.74. The molecule has 0 aliphatic carbocycles. The summed E-state index contributed by atoms with van der Waals surface area (Å²) >= 11 is 1.50. The molecular weight excluding hydrogens is 422 g/mol. The van der Waals surface area contributed by atoms with E-state index in [4.69, 9.17) is 0 Å². The van der Waals surface area contributed by atoms with Crippen LogP contribution in [0.15, 0.2) is 41.8 Å². The number of aryl methyl sites for hydroxylation is 4. The Morgan fingerprint density at radius 3 is 2.44 bits per heavy atom. The standard InChI is InChI=1S/C24H25N5O2S/c1-14-11-16(3)20(17(4)12-14)26-23(31)22(30)25-10-9-18-13-32-24-27-21(28-29(18)24)19-8-6-5-7-15(19)2/h5-8,11-13H,9-10H2,1-4H3,(H,25,30)(H,26,31). The molecule has 0 radical (unpaired) electrons. The van der Waals surface area contributed by atoms with Crippen LogP contribution >= 0.6 is 11.3 Å². The number of benzene rings is 2. The molecule has 0 aliphatic heterocycles. The third-order valence-electron chi connectivity index (χ3n) is 5.32. The summed E-state index contributed by atoms with van der Waals surface area (Å²) in [6.45, 7) is 8.19. The second kappa shape index (κ2) is 8.92. The van der Waals surface area contributed by atoms with E-state index in [1.54, 1.807) is 4.52 Å². The fraction of sp³-hybridized carbons (Fsp3) is 0.250. The van der Waals surface area contributed by atoms with Gasteiger partial charge in [0.2, 0.25) is 4.96 Å². The number of carbonyl (C=O) groups excluding carboxylic acids is 2. The molecule has 4 aromatic rings. The molecule has 2 N–H and O–H groups in total. The third-order valence-corrected chi connectivity index (χ3v) is 6.19. The SMILES string of the molecule is Cc1cc(C)c(NC(=O)C(=O)NCCc2csc3nc(-c4ccccc4C)nn23)c(C)c1. The number of rotatable bonds is 5. The van der Waals surface area contributed by atoms with Gasteiger partial charge in [-0.25, -0.2) is 4.52 Å². The summed E-state index contributed by atoms with van der Waals surface area (Å²) in [5.74, 6) is -0.642. The van der Waals surface area contributed by atoms with E-state index in [-0.39, 0.29) is 0 Å². The molecule has 2 amide bonds. The van der Waals surface area contributed by atoms with Crippen LogP contribution in [0.4, 0.5) is 5.69 Å². The van der Waals surface area contributed by atoms with Gasteiger partial charge in [-0.05, 0) is 44.4 Å². The first-order chi connectivity index (χ1) is 15.3. The van der Waals surface area contributed by atoms with Gasteiger partial charge in [0.25, 0.3) is 0 Å². The van der Waals surface area contributed by atoms with Crippen molar-refractivity contribution in [2.24, 2.45) is 0 Å². The maximum Gasteiger partial charge on any atom is 0.313 e. The van der Waals surface area contributed by atoms with Crippen LogP contribution in [0, 0.1) is 27.7 Å². The van der Waals surface area contributed by atoms with Gasteiger partial charge < -0.3 is 10.6 Å². The van der Waals surface area contributed by atoms with Crippen LogP contribution in [0.1, 0.15) is 27.9 Å². The molecule has 0 spiro atoms. The summed E-state index contributed by atoms with van der Waals surface area (Å²) in [6.07, 6.45) is 0.540. The Bertz CT molecular complexity index is 1300. The van der Waals surface area contributed by atoms with Crippen LogP contribution in [-0.4, -0.2) is 33.0 Å². The van der Waals surface area contributed by atoms with Crippen LogP contribution in [-0.2, 0) is 16.0 Å². The molecular formula is C24H25N5O2S. The maximum absolute atomic E-state index is 12.4. The first-order valence-corrected chi connectivity index (χ1v) is 11.3. The molecule has 32 heavy (non-hydrogen) atoms. The van der Waals surface area contributed by atoms with E-state index < -0.39 is 11.8 Å². The van der Waals surface area contributed by atoms with Crippen LogP contribution in [0.5, 0.6) is 0 Å². The van der Waals surface area contributed by atoms with Gasteiger partial charge in [0.1, 0.15) is 0 Å². The van der Waals surface area contributed by atoms with E-state index in [1.165, 1.54) is 11.3 Å². The molecule has 2 heterocycles. The number of amides is 2. The Morgan fingerprint density at radius 2 is 1.72 bits per heavy atom. The highest BCUT2D eigenvalue weighted by Crippen LogP contribution is 2.24. The highest BCUT2D eigenvalue weighted by molar-refractivity contribution is 7.15. The first-order valence-electron chi connectivity index (χ1n) is 10.4. The fourth-order valence-corrected chi connectivity index (χ4v) is 4.62. The zero-order chi connectivity index (χ0) is 22.8. The normalized spacial score (nSPS) is 11.0. The highest BCUT2D eigenvalue weighted by atomic mass is 32.1. The van der Waals surface area contributed by atoms with Gasteiger partial charge >= 0.3 is 11.8 Å². The van der Waals surface area contributed by atoms with E-state index in [9.17, 15) is 9.59 Å². The lowest BCUT2D eigenvalue weighted by atomic mass is 10.1. The lowest BCUT2D eigenvalue weighted by Crippen LogP contribution is -2.36. The topological polar surface area (TPSA) is 88.4 Å². The molecule has 2 aromatic heterocycles. The van der Waals surface area contributed by atoms with Crippen molar-refractivity contribution in [3.8, 4) is 11.4 Å². The number of hydrogen-bond donors (Lipinski definition) is 2. The van der Waals surface area contributed by atoms with E-state index in [0.717, 1.165) is 38.5 Å². The molecule has 2 aromatic carbocycles. The number of nitrogens with one attached hydrogen (secondary N) is 2. The van der Waals surface area contributed by atoms with Crippen LogP contribution in [0.25, 0.3) is 16.3 Å². The van der Waals surface area contributed by atoms with E-state index in [1.807, 2.05) is 69.5 Å². The monoisotopic (exact) mass is 447 g/mol. The van der Waals surface area contributed by atoms with Gasteiger partial charge in [-0.1, -0.05) is 42.0 Å². The smallest absolute Gasteiger partial charge is 0.313 e. The van der Waals surface area contributed by atoms with E-state index in [2.05, 4.69) is 20.7 Å². The first kappa shape index (κ1) is 21.7. The van der Waals surface area contributed by atoms with Crippen molar-refractivity contribution in [2.45, 2.75) is 34.1 Å². The van der Waals surface area contributed by atoms with Crippen LogP contribution in [0.3, 0.4) is 0 Å². The molecule has 0 aliphatic rings. The summed E-state index contributed by atoms with van der Waals surface area (Å²) in [5, 5.41) is 12.0. The number of anilines is 1. The molecule has 7 nitrogen and oxygen atoms in total. The minimum absolute atomic E-state index is 0.323. The number of aromatic nitrogens is 3. The number of carbonyl (C=O) groups is 2. The van der Waals surface area contributed by atoms with Gasteiger partial charge in [0.05, 0.1) is 5.69 Å². The van der Waals surface area contributed by atoms with Crippen molar-refractivity contribution in [1.29, 1.82) is 0 Å². The molecule has 8 heteroatoms. The summed E-state index contributed by atoms with van der Waals surface area (Å²) in [7, 11) is 0. The lowest BCUT2D eigenvalue weighted by Gasteiger charge is -2.12. The summed E-state index contributed by atoms with van der Waals surface area (Å²) in [6, 6.07) is 12.0. The Kier molecular flexibility index (Phi) is 6.05. The largest absolute Gasteiger partial charge is 0.347 e. The van der Waals surface area contributed by atoms with Crippen molar-refractivity contribution < 1.29 is 9.59 Å². The summed E-state index contributed by atoms with van der Waals surface area (Å²) < 4.78 is 1.80. The molecule has 0 saturated carbocycles. The highest BCUT2D eigenvalue weighted by Gasteiger charge is 2.17. The molecule has 0 atom stereocenters. The lowest BCUT2D eigenvalue weighted by molar-refractivity contribution is -0.136. The molecule has 0 unspecified atom stereocenters. The van der Waals surface area contributed by atoms with E-state index >= 15 is 0 Å². The number of hydrogen-bond acceptors (Lipinski definition) is 5. The van der Waals surface area contributed by atoms with E-state index in [0.29, 0.717) is 24.5 Å². The van der Waals surface area contributed by atoms with Gasteiger partial charge in [-0.15, -0.1) is 16.4 Å². The Morgan fingerprint density at radius 1 is 1.00 bits per heavy atom. The minimum Gasteiger partial charge on any atom is -0.347 e. The van der Waals surface area contributed by atoms with Crippen molar-refractivity contribution in [2.75, 3.05) is 11.9 Å². The fourth-order valence-electron chi connectivity index (χ4n) is 3.77. The summed E-state index contributed by atoms with van der Waals surface area (Å²) in [5.41, 5.74) is 6.71. The number of thiazole rings is 1. The Balaban J connectivity index is 1.38.